The molecule has 7 heteroatoms. The monoisotopic (exact) mass is 340 g/mol. The predicted molar refractivity (Wildman–Crippen MR) is 89.7 cm³/mol. The summed E-state index contributed by atoms with van der Waals surface area (Å²) in [5.41, 5.74) is 0.780. The van der Waals surface area contributed by atoms with Gasteiger partial charge < -0.3 is 14.4 Å². The van der Waals surface area contributed by atoms with E-state index in [2.05, 4.69) is 20.6 Å². The molecular weight excluding hydrogens is 320 g/mol. The van der Waals surface area contributed by atoms with Gasteiger partial charge in [-0.2, -0.15) is 4.98 Å². The van der Waals surface area contributed by atoms with Gasteiger partial charge in [-0.25, -0.2) is 0 Å². The van der Waals surface area contributed by atoms with E-state index in [9.17, 15) is 4.79 Å². The number of hydrogen-bond acceptors (Lipinski definition) is 6. The standard InChI is InChI=1S/C18H20N4O3/c1-12-19-17(22-24-12)18(9-5-2-6-10-18)20-16(23)11-14-13-7-3-4-8-15(13)25-21-14/h3-4,7-8H,2,5-6,9-11H2,1H3,(H,20,23). The second-order valence-electron chi connectivity index (χ2n) is 6.63. The number of para-hydroxylation sites is 1. The van der Waals surface area contributed by atoms with Crippen molar-refractivity contribution in [3.63, 3.8) is 0 Å². The molecule has 0 saturated heterocycles. The Morgan fingerprint density at radius 1 is 1.16 bits per heavy atom. The van der Waals surface area contributed by atoms with E-state index in [4.69, 9.17) is 9.05 Å². The second-order valence-corrected chi connectivity index (χ2v) is 6.63. The van der Waals surface area contributed by atoms with Gasteiger partial charge in [-0.15, -0.1) is 0 Å². The molecule has 1 aromatic carbocycles. The molecule has 1 aliphatic rings. The fraction of sp³-hybridized carbons (Fsp3) is 0.444. The van der Waals surface area contributed by atoms with E-state index in [1.165, 1.54) is 0 Å². The molecular formula is C18H20N4O3. The zero-order chi connectivity index (χ0) is 17.3. The van der Waals surface area contributed by atoms with E-state index < -0.39 is 5.54 Å². The van der Waals surface area contributed by atoms with Gasteiger partial charge >= 0.3 is 0 Å². The molecule has 25 heavy (non-hydrogen) atoms. The molecule has 0 radical (unpaired) electrons. The molecule has 0 atom stereocenters. The van der Waals surface area contributed by atoms with Crippen LogP contribution in [0, 0.1) is 6.92 Å². The minimum absolute atomic E-state index is 0.108. The number of nitrogens with one attached hydrogen (secondary N) is 1. The molecule has 1 N–H and O–H groups in total. The van der Waals surface area contributed by atoms with Gasteiger partial charge in [-0.05, 0) is 25.0 Å². The van der Waals surface area contributed by atoms with Crippen molar-refractivity contribution in [3.05, 3.63) is 41.7 Å². The second kappa shape index (κ2) is 6.31. The number of benzene rings is 1. The Morgan fingerprint density at radius 2 is 1.96 bits per heavy atom. The van der Waals surface area contributed by atoms with Crippen LogP contribution in [-0.2, 0) is 16.8 Å². The molecule has 0 unspecified atom stereocenters. The van der Waals surface area contributed by atoms with Crippen molar-refractivity contribution < 1.29 is 13.8 Å². The third-order valence-corrected chi connectivity index (χ3v) is 4.82. The molecule has 1 aliphatic carbocycles. The number of nitrogens with zero attached hydrogens (tertiary/aromatic N) is 3. The van der Waals surface area contributed by atoms with Gasteiger partial charge in [0.1, 0.15) is 11.2 Å². The summed E-state index contributed by atoms with van der Waals surface area (Å²) < 4.78 is 10.4. The summed E-state index contributed by atoms with van der Waals surface area (Å²) in [5, 5.41) is 12.1. The Morgan fingerprint density at radius 3 is 2.72 bits per heavy atom. The van der Waals surface area contributed by atoms with E-state index in [0.29, 0.717) is 23.0 Å². The number of aryl methyl sites for hydroxylation is 1. The van der Waals surface area contributed by atoms with E-state index in [0.717, 1.165) is 37.5 Å². The van der Waals surface area contributed by atoms with Gasteiger partial charge in [0.2, 0.25) is 11.8 Å². The van der Waals surface area contributed by atoms with Gasteiger partial charge in [0, 0.05) is 12.3 Å². The third-order valence-electron chi connectivity index (χ3n) is 4.82. The highest BCUT2D eigenvalue weighted by Gasteiger charge is 2.39. The van der Waals surface area contributed by atoms with Crippen molar-refractivity contribution in [2.75, 3.05) is 0 Å². The lowest BCUT2D eigenvalue weighted by Crippen LogP contribution is -2.48. The van der Waals surface area contributed by atoms with Crippen LogP contribution >= 0.6 is 0 Å². The number of carbonyl (C=O) groups excluding carboxylic acids is 1. The minimum Gasteiger partial charge on any atom is -0.356 e. The molecule has 1 amide bonds. The summed E-state index contributed by atoms with van der Waals surface area (Å²) in [7, 11) is 0. The molecule has 1 fully saturated rings. The van der Waals surface area contributed by atoms with Crippen molar-refractivity contribution >= 4 is 16.9 Å². The maximum absolute atomic E-state index is 12.7. The van der Waals surface area contributed by atoms with Crippen molar-refractivity contribution in [2.24, 2.45) is 0 Å². The van der Waals surface area contributed by atoms with Gasteiger partial charge in [-0.1, -0.05) is 41.7 Å². The molecule has 0 aliphatic heterocycles. The third kappa shape index (κ3) is 3.01. The molecule has 7 nitrogen and oxygen atoms in total. The first-order valence-electron chi connectivity index (χ1n) is 8.61. The molecule has 1 saturated carbocycles. The predicted octanol–water partition coefficient (Wildman–Crippen LogP) is 3.04. The summed E-state index contributed by atoms with van der Waals surface area (Å²) in [6, 6.07) is 7.54. The largest absolute Gasteiger partial charge is 0.356 e. The van der Waals surface area contributed by atoms with Gasteiger partial charge in [0.05, 0.1) is 6.42 Å². The number of rotatable bonds is 4. The Labute approximate surface area is 144 Å². The average molecular weight is 340 g/mol. The normalized spacial score (nSPS) is 16.8. The fourth-order valence-corrected chi connectivity index (χ4v) is 3.58. The van der Waals surface area contributed by atoms with Crippen LogP contribution < -0.4 is 5.32 Å². The maximum atomic E-state index is 12.7. The molecule has 3 aromatic rings. The van der Waals surface area contributed by atoms with Gasteiger partial charge in [0.15, 0.2) is 11.4 Å². The first-order chi connectivity index (χ1) is 12.2. The van der Waals surface area contributed by atoms with Crippen molar-refractivity contribution in [1.29, 1.82) is 0 Å². The first kappa shape index (κ1) is 15.8. The van der Waals surface area contributed by atoms with Crippen LogP contribution in [0.5, 0.6) is 0 Å². The molecule has 0 spiro atoms. The van der Waals surface area contributed by atoms with Gasteiger partial charge in [0.25, 0.3) is 0 Å². The van der Waals surface area contributed by atoms with Crippen LogP contribution in [0.4, 0.5) is 0 Å². The lowest BCUT2D eigenvalue weighted by Gasteiger charge is -2.35. The fourth-order valence-electron chi connectivity index (χ4n) is 3.58. The van der Waals surface area contributed by atoms with E-state index >= 15 is 0 Å². The van der Waals surface area contributed by atoms with Crippen molar-refractivity contribution in [3.8, 4) is 0 Å². The van der Waals surface area contributed by atoms with Crippen LogP contribution in [0.1, 0.15) is 49.5 Å². The molecule has 2 heterocycles. The Hall–Kier alpha value is -2.70. The number of aromatic nitrogens is 3. The highest BCUT2D eigenvalue weighted by atomic mass is 16.5. The Balaban J connectivity index is 1.56. The first-order valence-corrected chi connectivity index (χ1v) is 8.61. The highest BCUT2D eigenvalue weighted by Crippen LogP contribution is 2.35. The molecule has 4 rings (SSSR count). The number of carbonyl (C=O) groups is 1. The number of hydrogen-bond donors (Lipinski definition) is 1. The van der Waals surface area contributed by atoms with E-state index in [-0.39, 0.29) is 12.3 Å². The SMILES string of the molecule is Cc1nc(C2(NC(=O)Cc3noc4ccccc34)CCCCC2)no1. The maximum Gasteiger partial charge on any atom is 0.226 e. The summed E-state index contributed by atoms with van der Waals surface area (Å²) in [6.07, 6.45) is 5.01. The van der Waals surface area contributed by atoms with E-state index in [1.54, 1.807) is 6.92 Å². The summed E-state index contributed by atoms with van der Waals surface area (Å²) >= 11 is 0. The molecule has 2 aromatic heterocycles. The molecule has 130 valence electrons. The van der Waals surface area contributed by atoms with Crippen LogP contribution in [0.3, 0.4) is 0 Å². The van der Waals surface area contributed by atoms with Crippen LogP contribution in [-0.4, -0.2) is 21.2 Å². The smallest absolute Gasteiger partial charge is 0.226 e. The average Bonchev–Trinajstić information content (AvgIpc) is 3.23. The van der Waals surface area contributed by atoms with Crippen molar-refractivity contribution in [2.45, 2.75) is 51.0 Å². The van der Waals surface area contributed by atoms with Gasteiger partial charge in [-0.3, -0.25) is 4.79 Å². The summed E-state index contributed by atoms with van der Waals surface area (Å²) in [5.74, 6) is 0.975. The number of fused-ring (bicyclic) bond motifs is 1. The van der Waals surface area contributed by atoms with Crippen LogP contribution in [0.2, 0.25) is 0 Å². The van der Waals surface area contributed by atoms with Crippen molar-refractivity contribution in [1.82, 2.24) is 20.6 Å². The quantitative estimate of drug-likeness (QED) is 0.784. The van der Waals surface area contributed by atoms with E-state index in [1.807, 2.05) is 24.3 Å². The lowest BCUT2D eigenvalue weighted by molar-refractivity contribution is -0.123. The zero-order valence-corrected chi connectivity index (χ0v) is 14.1. The van der Waals surface area contributed by atoms with Crippen LogP contribution in [0.25, 0.3) is 11.0 Å². The highest BCUT2D eigenvalue weighted by molar-refractivity contribution is 5.86. The zero-order valence-electron chi connectivity index (χ0n) is 14.1. The number of amides is 1. The summed E-state index contributed by atoms with van der Waals surface area (Å²) in [4.78, 5) is 17.1. The Kier molecular flexibility index (Phi) is 3.99. The van der Waals surface area contributed by atoms with Crippen LogP contribution in [0.15, 0.2) is 33.3 Å². The summed E-state index contributed by atoms with van der Waals surface area (Å²) in [6.45, 7) is 1.76. The minimum atomic E-state index is -0.549. The lowest BCUT2D eigenvalue weighted by atomic mass is 9.81. The Bertz CT molecular complexity index is 893. The molecule has 0 bridgehead atoms. The topological polar surface area (TPSA) is 94.1 Å².